The van der Waals surface area contributed by atoms with Crippen LogP contribution in [0.25, 0.3) is 0 Å². The minimum atomic E-state index is -1.07. The van der Waals surface area contributed by atoms with Crippen LogP contribution in [0, 0.1) is 0 Å². The Kier molecular flexibility index (Phi) is 6.41. The zero-order valence-electron chi connectivity index (χ0n) is 15.2. The first-order chi connectivity index (χ1) is 13.6. The van der Waals surface area contributed by atoms with Crippen LogP contribution in [-0.4, -0.2) is 23.0 Å². The van der Waals surface area contributed by atoms with Crippen molar-refractivity contribution in [2.75, 3.05) is 0 Å². The number of ether oxygens (including phenoxy) is 1. The molecule has 0 aliphatic heterocycles. The number of benzene rings is 3. The third-order valence-electron chi connectivity index (χ3n) is 4.25. The molecule has 0 aromatic heterocycles. The molecule has 0 aliphatic carbocycles. The number of carboxylic acid groups (broad SMARTS) is 1. The Balaban J connectivity index is 1.59. The number of nitrogens with one attached hydrogen (secondary N) is 1. The van der Waals surface area contributed by atoms with Crippen molar-refractivity contribution >= 4 is 11.9 Å². The molecular formula is C23H21NO4. The maximum atomic E-state index is 12.4. The molecule has 3 rings (SSSR count). The predicted octanol–water partition coefficient (Wildman–Crippen LogP) is 3.69. The van der Waals surface area contributed by atoms with E-state index < -0.39 is 17.9 Å². The molecule has 2 N–H and O–H groups in total. The van der Waals surface area contributed by atoms with E-state index >= 15 is 0 Å². The number of aliphatic carboxylic acids is 1. The van der Waals surface area contributed by atoms with E-state index in [1.54, 1.807) is 24.3 Å². The van der Waals surface area contributed by atoms with Crippen molar-refractivity contribution in [1.29, 1.82) is 0 Å². The van der Waals surface area contributed by atoms with E-state index in [4.69, 9.17) is 4.74 Å². The van der Waals surface area contributed by atoms with Gasteiger partial charge in [-0.15, -0.1) is 0 Å². The summed E-state index contributed by atoms with van der Waals surface area (Å²) >= 11 is 0. The summed E-state index contributed by atoms with van der Waals surface area (Å²) in [4.78, 5) is 23.9. The average molecular weight is 375 g/mol. The molecule has 0 saturated carbocycles. The standard InChI is InChI=1S/C23H21NO4/c25-22(24-21(23(26)27)15-17-7-3-1-4-8-17)19-11-13-20(14-12-19)28-16-18-9-5-2-6-10-18/h1-14,21H,15-16H2,(H,24,25)(H,26,27). The van der Waals surface area contributed by atoms with Gasteiger partial charge in [0.2, 0.25) is 0 Å². The molecule has 28 heavy (non-hydrogen) atoms. The monoisotopic (exact) mass is 375 g/mol. The van der Waals surface area contributed by atoms with Crippen molar-refractivity contribution in [1.82, 2.24) is 5.32 Å². The number of hydrogen-bond donors (Lipinski definition) is 2. The number of hydrogen-bond acceptors (Lipinski definition) is 3. The quantitative estimate of drug-likeness (QED) is 0.630. The first kappa shape index (κ1) is 19.2. The fourth-order valence-corrected chi connectivity index (χ4v) is 2.73. The van der Waals surface area contributed by atoms with Gasteiger partial charge in [-0.1, -0.05) is 60.7 Å². The molecule has 0 saturated heterocycles. The summed E-state index contributed by atoms with van der Waals surface area (Å²) in [6.45, 7) is 0.435. The summed E-state index contributed by atoms with van der Waals surface area (Å²) in [5.74, 6) is -0.863. The molecule has 5 heteroatoms. The van der Waals surface area contributed by atoms with Crippen molar-refractivity contribution in [2.24, 2.45) is 0 Å². The van der Waals surface area contributed by atoms with Crippen molar-refractivity contribution in [3.8, 4) is 5.75 Å². The van der Waals surface area contributed by atoms with Crippen LogP contribution in [0.5, 0.6) is 5.75 Å². The first-order valence-corrected chi connectivity index (χ1v) is 8.96. The number of carbonyl (C=O) groups excluding carboxylic acids is 1. The molecule has 0 radical (unpaired) electrons. The maximum Gasteiger partial charge on any atom is 0.326 e. The van der Waals surface area contributed by atoms with Gasteiger partial charge in [0, 0.05) is 12.0 Å². The number of carboxylic acids is 1. The first-order valence-electron chi connectivity index (χ1n) is 8.96. The van der Waals surface area contributed by atoms with E-state index in [1.807, 2.05) is 60.7 Å². The molecular weight excluding hydrogens is 354 g/mol. The Morgan fingerprint density at radius 3 is 1.96 bits per heavy atom. The van der Waals surface area contributed by atoms with Gasteiger partial charge in [0.25, 0.3) is 5.91 Å². The molecule has 0 heterocycles. The van der Waals surface area contributed by atoms with Crippen LogP contribution in [0.4, 0.5) is 0 Å². The highest BCUT2D eigenvalue weighted by Crippen LogP contribution is 2.15. The van der Waals surface area contributed by atoms with E-state index in [-0.39, 0.29) is 6.42 Å². The molecule has 0 fully saturated rings. The van der Waals surface area contributed by atoms with E-state index in [2.05, 4.69) is 5.32 Å². The second kappa shape index (κ2) is 9.37. The van der Waals surface area contributed by atoms with Crippen LogP contribution in [0.15, 0.2) is 84.9 Å². The van der Waals surface area contributed by atoms with Gasteiger partial charge in [0.1, 0.15) is 18.4 Å². The molecule has 0 aliphatic rings. The van der Waals surface area contributed by atoms with Crippen LogP contribution in [-0.2, 0) is 17.8 Å². The minimum Gasteiger partial charge on any atom is -0.489 e. The zero-order chi connectivity index (χ0) is 19.8. The van der Waals surface area contributed by atoms with Gasteiger partial charge < -0.3 is 15.2 Å². The smallest absolute Gasteiger partial charge is 0.326 e. The highest BCUT2D eigenvalue weighted by atomic mass is 16.5. The van der Waals surface area contributed by atoms with Gasteiger partial charge in [-0.25, -0.2) is 4.79 Å². The summed E-state index contributed by atoms with van der Waals surface area (Å²) in [6, 6.07) is 24.6. The largest absolute Gasteiger partial charge is 0.489 e. The molecule has 0 bridgehead atoms. The number of rotatable bonds is 8. The number of carbonyl (C=O) groups is 2. The summed E-state index contributed by atoms with van der Waals surface area (Å²) in [6.07, 6.45) is 0.222. The Labute approximate surface area is 163 Å². The van der Waals surface area contributed by atoms with Crippen molar-refractivity contribution < 1.29 is 19.4 Å². The van der Waals surface area contributed by atoms with Gasteiger partial charge >= 0.3 is 5.97 Å². The Bertz CT molecular complexity index is 908. The third-order valence-corrected chi connectivity index (χ3v) is 4.25. The van der Waals surface area contributed by atoms with Gasteiger partial charge in [0.05, 0.1) is 0 Å². The predicted molar refractivity (Wildman–Crippen MR) is 106 cm³/mol. The second-order valence-electron chi connectivity index (χ2n) is 6.35. The van der Waals surface area contributed by atoms with Crippen LogP contribution < -0.4 is 10.1 Å². The van der Waals surface area contributed by atoms with Crippen LogP contribution >= 0.6 is 0 Å². The van der Waals surface area contributed by atoms with Gasteiger partial charge in [-0.05, 0) is 35.4 Å². The lowest BCUT2D eigenvalue weighted by molar-refractivity contribution is -0.139. The van der Waals surface area contributed by atoms with E-state index in [0.717, 1.165) is 11.1 Å². The third kappa shape index (κ3) is 5.45. The fraction of sp³-hybridized carbons (Fsp3) is 0.130. The van der Waals surface area contributed by atoms with Gasteiger partial charge in [0.15, 0.2) is 0 Å². The van der Waals surface area contributed by atoms with Crippen molar-refractivity contribution in [3.63, 3.8) is 0 Å². The summed E-state index contributed by atoms with van der Waals surface area (Å²) in [7, 11) is 0. The Morgan fingerprint density at radius 1 is 0.821 bits per heavy atom. The highest BCUT2D eigenvalue weighted by Gasteiger charge is 2.21. The average Bonchev–Trinajstić information content (AvgIpc) is 2.73. The normalized spacial score (nSPS) is 11.4. The summed E-state index contributed by atoms with van der Waals surface area (Å²) in [5.41, 5.74) is 2.28. The van der Waals surface area contributed by atoms with Crippen LogP contribution in [0.1, 0.15) is 21.5 Å². The second-order valence-corrected chi connectivity index (χ2v) is 6.35. The molecule has 5 nitrogen and oxygen atoms in total. The highest BCUT2D eigenvalue weighted by molar-refractivity contribution is 5.96. The van der Waals surface area contributed by atoms with E-state index in [1.165, 1.54) is 0 Å². The van der Waals surface area contributed by atoms with Crippen LogP contribution in [0.3, 0.4) is 0 Å². The Morgan fingerprint density at radius 2 is 1.39 bits per heavy atom. The lowest BCUT2D eigenvalue weighted by Crippen LogP contribution is -2.42. The summed E-state index contributed by atoms with van der Waals surface area (Å²) < 4.78 is 5.70. The van der Waals surface area contributed by atoms with E-state index in [0.29, 0.717) is 17.9 Å². The molecule has 1 amide bonds. The van der Waals surface area contributed by atoms with Crippen molar-refractivity contribution in [2.45, 2.75) is 19.1 Å². The van der Waals surface area contributed by atoms with Crippen molar-refractivity contribution in [3.05, 3.63) is 102 Å². The minimum absolute atomic E-state index is 0.222. The molecule has 1 atom stereocenters. The lowest BCUT2D eigenvalue weighted by atomic mass is 10.1. The molecule has 3 aromatic rings. The van der Waals surface area contributed by atoms with Gasteiger partial charge in [-0.3, -0.25) is 4.79 Å². The Hall–Kier alpha value is -3.60. The van der Waals surface area contributed by atoms with Gasteiger partial charge in [-0.2, -0.15) is 0 Å². The van der Waals surface area contributed by atoms with E-state index in [9.17, 15) is 14.7 Å². The molecule has 1 unspecified atom stereocenters. The van der Waals surface area contributed by atoms with Crippen LogP contribution in [0.2, 0.25) is 0 Å². The molecule has 0 spiro atoms. The SMILES string of the molecule is O=C(NC(Cc1ccccc1)C(=O)O)c1ccc(OCc2ccccc2)cc1. The lowest BCUT2D eigenvalue weighted by Gasteiger charge is -2.15. The zero-order valence-corrected chi connectivity index (χ0v) is 15.2. The molecule has 142 valence electrons. The maximum absolute atomic E-state index is 12.4. The fourth-order valence-electron chi connectivity index (χ4n) is 2.73. The number of amides is 1. The molecule has 3 aromatic carbocycles. The topological polar surface area (TPSA) is 75.6 Å². The summed E-state index contributed by atoms with van der Waals surface area (Å²) in [5, 5.41) is 12.0.